The van der Waals surface area contributed by atoms with Gasteiger partial charge in [0, 0.05) is 26.8 Å². The average Bonchev–Trinajstić information content (AvgIpc) is 2.54. The van der Waals surface area contributed by atoms with E-state index in [0.717, 1.165) is 0 Å². The molecule has 1 aromatic heterocycles. The average molecular weight is 341 g/mol. The maximum Gasteiger partial charge on any atom is 0.254 e. The third kappa shape index (κ3) is 4.76. The van der Waals surface area contributed by atoms with E-state index < -0.39 is 0 Å². The lowest BCUT2D eigenvalue weighted by Gasteiger charge is -2.25. The zero-order chi connectivity index (χ0) is 18.6. The van der Waals surface area contributed by atoms with Gasteiger partial charge in [0.25, 0.3) is 5.91 Å². The molecule has 134 valence electrons. The first-order valence-corrected chi connectivity index (χ1v) is 8.31. The lowest BCUT2D eigenvalue weighted by molar-refractivity contribution is 0.0940. The minimum atomic E-state index is -0.151. The molecule has 6 nitrogen and oxygen atoms in total. The summed E-state index contributed by atoms with van der Waals surface area (Å²) < 4.78 is 0. The molecule has 2 aromatic rings. The molecule has 1 atom stereocenters. The predicted octanol–water partition coefficient (Wildman–Crippen LogP) is 2.19. The molecule has 0 spiro atoms. The van der Waals surface area contributed by atoms with Crippen LogP contribution in [0.2, 0.25) is 0 Å². The van der Waals surface area contributed by atoms with Gasteiger partial charge in [-0.05, 0) is 33.5 Å². The number of nitrogens with zero attached hydrogens (tertiary/aromatic N) is 4. The minimum Gasteiger partial charge on any atom is -0.350 e. The van der Waals surface area contributed by atoms with Gasteiger partial charge in [0.15, 0.2) is 0 Å². The Morgan fingerprint density at radius 2 is 1.92 bits per heavy atom. The number of carbonyl (C=O) groups is 1. The van der Waals surface area contributed by atoms with Crippen molar-refractivity contribution in [1.82, 2.24) is 20.2 Å². The molecule has 25 heavy (non-hydrogen) atoms. The van der Waals surface area contributed by atoms with E-state index >= 15 is 0 Å². The topological polar surface area (TPSA) is 61.4 Å². The van der Waals surface area contributed by atoms with Crippen LogP contribution in [0.15, 0.2) is 30.5 Å². The fraction of sp³-hybridized carbons (Fsp3) is 0.421. The summed E-state index contributed by atoms with van der Waals surface area (Å²) in [5.41, 5.74) is 3.57. The number of amides is 1. The van der Waals surface area contributed by atoms with Crippen LogP contribution in [0.4, 0.5) is 5.95 Å². The Morgan fingerprint density at radius 3 is 2.48 bits per heavy atom. The molecule has 2 rings (SSSR count). The molecule has 1 amide bonds. The Bertz CT molecular complexity index is 742. The number of hydrogen-bond acceptors (Lipinski definition) is 5. The molecule has 0 radical (unpaired) electrons. The van der Waals surface area contributed by atoms with E-state index in [0.29, 0.717) is 23.8 Å². The Morgan fingerprint density at radius 1 is 1.20 bits per heavy atom. The second-order valence-electron chi connectivity index (χ2n) is 6.67. The first kappa shape index (κ1) is 18.9. The minimum absolute atomic E-state index is 0.103. The normalized spacial score (nSPS) is 12.1. The highest BCUT2D eigenvalue weighted by Crippen LogP contribution is 2.19. The van der Waals surface area contributed by atoms with E-state index in [1.54, 1.807) is 6.20 Å². The fourth-order valence-corrected chi connectivity index (χ4v) is 2.65. The van der Waals surface area contributed by atoms with Gasteiger partial charge in [-0.2, -0.15) is 0 Å². The SMILES string of the molecule is Cc1cccc(C(CNC(=O)c2cnc(N(C)C)nc2C)N(C)C)c1. The van der Waals surface area contributed by atoms with Gasteiger partial charge in [-0.1, -0.05) is 29.8 Å². The van der Waals surface area contributed by atoms with Crippen molar-refractivity contribution < 1.29 is 4.79 Å². The molecular formula is C19H27N5O. The zero-order valence-corrected chi connectivity index (χ0v) is 15.9. The summed E-state index contributed by atoms with van der Waals surface area (Å²) >= 11 is 0. The van der Waals surface area contributed by atoms with Crippen LogP contribution in [0, 0.1) is 13.8 Å². The maximum absolute atomic E-state index is 12.5. The molecule has 1 N–H and O–H groups in total. The van der Waals surface area contributed by atoms with Gasteiger partial charge in [0.05, 0.1) is 17.3 Å². The number of anilines is 1. The van der Waals surface area contributed by atoms with Crippen LogP contribution in [-0.2, 0) is 0 Å². The monoisotopic (exact) mass is 341 g/mol. The van der Waals surface area contributed by atoms with Crippen molar-refractivity contribution in [2.45, 2.75) is 19.9 Å². The van der Waals surface area contributed by atoms with Crippen molar-refractivity contribution in [2.24, 2.45) is 0 Å². The third-order valence-corrected chi connectivity index (χ3v) is 4.12. The lowest BCUT2D eigenvalue weighted by atomic mass is 10.0. The van der Waals surface area contributed by atoms with Gasteiger partial charge >= 0.3 is 0 Å². The number of aryl methyl sites for hydroxylation is 2. The van der Waals surface area contributed by atoms with Crippen LogP contribution >= 0.6 is 0 Å². The summed E-state index contributed by atoms with van der Waals surface area (Å²) in [6, 6.07) is 8.45. The number of rotatable bonds is 6. The molecule has 0 saturated carbocycles. The van der Waals surface area contributed by atoms with E-state index in [4.69, 9.17) is 0 Å². The molecule has 0 fully saturated rings. The van der Waals surface area contributed by atoms with Gasteiger partial charge in [0.2, 0.25) is 5.95 Å². The van der Waals surface area contributed by atoms with Crippen molar-refractivity contribution in [3.8, 4) is 0 Å². The summed E-state index contributed by atoms with van der Waals surface area (Å²) in [4.78, 5) is 25.1. The van der Waals surface area contributed by atoms with Gasteiger partial charge in [0.1, 0.15) is 0 Å². The predicted molar refractivity (Wildman–Crippen MR) is 101 cm³/mol. The largest absolute Gasteiger partial charge is 0.350 e. The van der Waals surface area contributed by atoms with Crippen molar-refractivity contribution in [3.05, 3.63) is 52.8 Å². The Kier molecular flexibility index (Phi) is 6.09. The third-order valence-electron chi connectivity index (χ3n) is 4.12. The highest BCUT2D eigenvalue weighted by molar-refractivity contribution is 5.95. The van der Waals surface area contributed by atoms with Crippen molar-refractivity contribution >= 4 is 11.9 Å². The highest BCUT2D eigenvalue weighted by Gasteiger charge is 2.18. The molecule has 1 heterocycles. The number of likely N-dealkylation sites (N-methyl/N-ethyl adjacent to an activating group) is 1. The first-order valence-electron chi connectivity index (χ1n) is 8.31. The maximum atomic E-state index is 12.5. The number of aromatic nitrogens is 2. The number of benzene rings is 1. The molecule has 0 saturated heterocycles. The van der Waals surface area contributed by atoms with Crippen molar-refractivity contribution in [3.63, 3.8) is 0 Å². The summed E-state index contributed by atoms with van der Waals surface area (Å²) in [5.74, 6) is 0.447. The second-order valence-corrected chi connectivity index (χ2v) is 6.67. The van der Waals surface area contributed by atoms with Crippen molar-refractivity contribution in [2.75, 3.05) is 39.6 Å². The molecular weight excluding hydrogens is 314 g/mol. The van der Waals surface area contributed by atoms with Gasteiger partial charge in [-0.15, -0.1) is 0 Å². The van der Waals surface area contributed by atoms with E-state index in [-0.39, 0.29) is 11.9 Å². The van der Waals surface area contributed by atoms with Gasteiger partial charge in [-0.25, -0.2) is 9.97 Å². The van der Waals surface area contributed by atoms with E-state index in [2.05, 4.69) is 45.3 Å². The second kappa shape index (κ2) is 8.07. The zero-order valence-electron chi connectivity index (χ0n) is 15.9. The molecule has 0 aliphatic rings. The smallest absolute Gasteiger partial charge is 0.254 e. The van der Waals surface area contributed by atoms with E-state index in [9.17, 15) is 4.79 Å². The summed E-state index contributed by atoms with van der Waals surface area (Å²) in [6.07, 6.45) is 1.59. The van der Waals surface area contributed by atoms with Crippen molar-refractivity contribution in [1.29, 1.82) is 0 Å². The molecule has 1 unspecified atom stereocenters. The Hall–Kier alpha value is -2.47. The molecule has 0 aliphatic carbocycles. The molecule has 6 heteroatoms. The summed E-state index contributed by atoms with van der Waals surface area (Å²) in [6.45, 7) is 4.42. The number of nitrogens with one attached hydrogen (secondary N) is 1. The van der Waals surface area contributed by atoms with Crippen LogP contribution in [0.25, 0.3) is 0 Å². The van der Waals surface area contributed by atoms with Crippen LogP contribution in [-0.4, -0.2) is 55.5 Å². The Balaban J connectivity index is 2.11. The lowest BCUT2D eigenvalue weighted by Crippen LogP contribution is -2.35. The van der Waals surface area contributed by atoms with Gasteiger partial charge < -0.3 is 15.1 Å². The van der Waals surface area contributed by atoms with Crippen LogP contribution < -0.4 is 10.2 Å². The molecule has 0 aliphatic heterocycles. The highest BCUT2D eigenvalue weighted by atomic mass is 16.1. The fourth-order valence-electron chi connectivity index (χ4n) is 2.65. The van der Waals surface area contributed by atoms with Crippen LogP contribution in [0.5, 0.6) is 0 Å². The molecule has 1 aromatic carbocycles. The Labute approximate surface area is 149 Å². The first-order chi connectivity index (χ1) is 11.8. The van der Waals surface area contributed by atoms with Gasteiger partial charge in [-0.3, -0.25) is 4.79 Å². The number of carbonyl (C=O) groups excluding carboxylic acids is 1. The van der Waals surface area contributed by atoms with E-state index in [1.807, 2.05) is 46.1 Å². The molecule has 0 bridgehead atoms. The van der Waals surface area contributed by atoms with E-state index in [1.165, 1.54) is 11.1 Å². The summed E-state index contributed by atoms with van der Waals surface area (Å²) in [7, 11) is 7.77. The summed E-state index contributed by atoms with van der Waals surface area (Å²) in [5, 5.41) is 3.01. The van der Waals surface area contributed by atoms with Crippen LogP contribution in [0.1, 0.15) is 33.2 Å². The standard InChI is InChI=1S/C19H27N5O/c1-13-8-7-9-15(10-13)17(23(3)4)12-20-18(25)16-11-21-19(24(5)6)22-14(16)2/h7-11,17H,12H2,1-6H3,(H,20,25). The number of hydrogen-bond donors (Lipinski definition) is 1. The quantitative estimate of drug-likeness (QED) is 0.873. The van der Waals surface area contributed by atoms with Crippen LogP contribution in [0.3, 0.4) is 0 Å².